The number of para-hydroxylation sites is 1. The number of nitrogens with one attached hydrogen (secondary N) is 1. The lowest BCUT2D eigenvalue weighted by Crippen LogP contribution is -2.27. The SMILES string of the molecule is CCOCCN(CC)Cc1cccc([N+](=O)[O-])c1NC. The molecule has 0 bridgehead atoms. The van der Waals surface area contributed by atoms with E-state index in [2.05, 4.69) is 17.1 Å². The number of ether oxygens (including phenoxy) is 1. The predicted molar refractivity (Wildman–Crippen MR) is 80.1 cm³/mol. The van der Waals surface area contributed by atoms with E-state index in [0.29, 0.717) is 25.4 Å². The van der Waals surface area contributed by atoms with Gasteiger partial charge in [-0.3, -0.25) is 15.0 Å². The molecule has 1 aromatic rings. The maximum Gasteiger partial charge on any atom is 0.292 e. The van der Waals surface area contributed by atoms with Gasteiger partial charge in [0.05, 0.1) is 11.5 Å². The molecule has 0 aromatic heterocycles. The van der Waals surface area contributed by atoms with Gasteiger partial charge in [0, 0.05) is 32.8 Å². The molecule has 0 aliphatic heterocycles. The molecule has 0 aliphatic carbocycles. The Morgan fingerprint density at radius 1 is 1.40 bits per heavy atom. The van der Waals surface area contributed by atoms with Gasteiger partial charge in [0.2, 0.25) is 0 Å². The molecule has 6 heteroatoms. The van der Waals surface area contributed by atoms with E-state index in [9.17, 15) is 10.1 Å². The molecule has 1 aromatic carbocycles. The first-order valence-electron chi connectivity index (χ1n) is 6.88. The van der Waals surface area contributed by atoms with Crippen molar-refractivity contribution in [1.82, 2.24) is 4.90 Å². The Hall–Kier alpha value is -1.66. The molecule has 112 valence electrons. The molecule has 0 saturated carbocycles. The Kier molecular flexibility index (Phi) is 6.97. The number of nitro benzene ring substituents is 1. The van der Waals surface area contributed by atoms with E-state index in [-0.39, 0.29) is 10.6 Å². The molecule has 6 nitrogen and oxygen atoms in total. The van der Waals surface area contributed by atoms with Crippen LogP contribution in [0.1, 0.15) is 19.4 Å². The quantitative estimate of drug-likeness (QED) is 0.428. The Morgan fingerprint density at radius 3 is 2.70 bits per heavy atom. The van der Waals surface area contributed by atoms with E-state index in [4.69, 9.17) is 4.74 Å². The van der Waals surface area contributed by atoms with E-state index in [0.717, 1.165) is 18.7 Å². The second kappa shape index (κ2) is 8.50. The smallest absolute Gasteiger partial charge is 0.292 e. The van der Waals surface area contributed by atoms with Crippen molar-refractivity contribution in [2.24, 2.45) is 0 Å². The third-order valence-corrected chi connectivity index (χ3v) is 3.17. The summed E-state index contributed by atoms with van der Waals surface area (Å²) in [6, 6.07) is 5.17. The van der Waals surface area contributed by atoms with Crippen LogP contribution in [0.25, 0.3) is 0 Å². The van der Waals surface area contributed by atoms with E-state index in [1.807, 2.05) is 13.0 Å². The van der Waals surface area contributed by atoms with Crippen LogP contribution in [-0.4, -0.2) is 43.2 Å². The summed E-state index contributed by atoms with van der Waals surface area (Å²) in [6.45, 7) is 7.78. The molecule has 0 unspecified atom stereocenters. The second-order valence-corrected chi connectivity index (χ2v) is 4.38. The van der Waals surface area contributed by atoms with Crippen LogP contribution >= 0.6 is 0 Å². The third kappa shape index (κ3) is 4.47. The largest absolute Gasteiger partial charge is 0.382 e. The Labute approximate surface area is 119 Å². The van der Waals surface area contributed by atoms with Crippen molar-refractivity contribution in [2.45, 2.75) is 20.4 Å². The zero-order valence-electron chi connectivity index (χ0n) is 12.4. The summed E-state index contributed by atoms with van der Waals surface area (Å²) in [5, 5.41) is 14.0. The summed E-state index contributed by atoms with van der Waals surface area (Å²) in [5.41, 5.74) is 1.64. The topological polar surface area (TPSA) is 67.6 Å². The third-order valence-electron chi connectivity index (χ3n) is 3.17. The van der Waals surface area contributed by atoms with E-state index < -0.39 is 0 Å². The number of rotatable bonds is 9. The van der Waals surface area contributed by atoms with Crippen LogP contribution in [0.5, 0.6) is 0 Å². The maximum absolute atomic E-state index is 11.0. The lowest BCUT2D eigenvalue weighted by atomic mass is 10.1. The number of nitro groups is 1. The van der Waals surface area contributed by atoms with Crippen molar-refractivity contribution < 1.29 is 9.66 Å². The van der Waals surface area contributed by atoms with Gasteiger partial charge in [-0.25, -0.2) is 0 Å². The minimum Gasteiger partial charge on any atom is -0.382 e. The van der Waals surface area contributed by atoms with Gasteiger partial charge in [0.25, 0.3) is 5.69 Å². The number of anilines is 1. The normalized spacial score (nSPS) is 10.8. The summed E-state index contributed by atoms with van der Waals surface area (Å²) < 4.78 is 5.36. The summed E-state index contributed by atoms with van der Waals surface area (Å²) in [7, 11) is 1.71. The molecule has 0 heterocycles. The van der Waals surface area contributed by atoms with Crippen LogP contribution in [-0.2, 0) is 11.3 Å². The first-order chi connectivity index (χ1) is 9.63. The zero-order chi connectivity index (χ0) is 15.0. The minimum absolute atomic E-state index is 0.117. The number of nitrogens with zero attached hydrogens (tertiary/aromatic N) is 2. The van der Waals surface area contributed by atoms with Gasteiger partial charge in [-0.1, -0.05) is 19.1 Å². The zero-order valence-corrected chi connectivity index (χ0v) is 12.4. The van der Waals surface area contributed by atoms with Gasteiger partial charge >= 0.3 is 0 Å². The van der Waals surface area contributed by atoms with Gasteiger partial charge < -0.3 is 10.1 Å². The fraction of sp³-hybridized carbons (Fsp3) is 0.571. The standard InChI is InChI=1S/C14H23N3O3/c1-4-16(9-10-20-5-2)11-12-7-6-8-13(17(18)19)14(12)15-3/h6-8,15H,4-5,9-11H2,1-3H3. The summed E-state index contributed by atoms with van der Waals surface area (Å²) in [5.74, 6) is 0. The van der Waals surface area contributed by atoms with Gasteiger partial charge in [-0.05, 0) is 19.0 Å². The van der Waals surface area contributed by atoms with Crippen LogP contribution in [0.4, 0.5) is 11.4 Å². The van der Waals surface area contributed by atoms with E-state index in [1.165, 1.54) is 6.07 Å². The second-order valence-electron chi connectivity index (χ2n) is 4.38. The van der Waals surface area contributed by atoms with Crippen molar-refractivity contribution in [3.8, 4) is 0 Å². The van der Waals surface area contributed by atoms with Gasteiger partial charge in [0.1, 0.15) is 5.69 Å². The molecule has 0 aliphatic rings. The molecule has 0 spiro atoms. The minimum atomic E-state index is -0.355. The molecule has 20 heavy (non-hydrogen) atoms. The highest BCUT2D eigenvalue weighted by atomic mass is 16.6. The lowest BCUT2D eigenvalue weighted by molar-refractivity contribution is -0.384. The molecule has 0 atom stereocenters. The number of hydrogen-bond donors (Lipinski definition) is 1. The van der Waals surface area contributed by atoms with Crippen LogP contribution in [0, 0.1) is 10.1 Å². The van der Waals surface area contributed by atoms with Crippen molar-refractivity contribution in [2.75, 3.05) is 38.7 Å². The summed E-state index contributed by atoms with van der Waals surface area (Å²) >= 11 is 0. The van der Waals surface area contributed by atoms with Crippen LogP contribution in [0.3, 0.4) is 0 Å². The molecule has 1 N–H and O–H groups in total. The highest BCUT2D eigenvalue weighted by molar-refractivity contribution is 5.66. The average Bonchev–Trinajstić information content (AvgIpc) is 2.45. The highest BCUT2D eigenvalue weighted by Crippen LogP contribution is 2.28. The molecule has 0 radical (unpaired) electrons. The number of likely N-dealkylation sites (N-methyl/N-ethyl adjacent to an activating group) is 1. The van der Waals surface area contributed by atoms with Crippen molar-refractivity contribution >= 4 is 11.4 Å². The fourth-order valence-corrected chi connectivity index (χ4v) is 2.09. The monoisotopic (exact) mass is 281 g/mol. The molecular formula is C14H23N3O3. The lowest BCUT2D eigenvalue weighted by Gasteiger charge is -2.21. The van der Waals surface area contributed by atoms with E-state index in [1.54, 1.807) is 13.1 Å². The summed E-state index contributed by atoms with van der Waals surface area (Å²) in [4.78, 5) is 12.9. The van der Waals surface area contributed by atoms with Crippen LogP contribution in [0.15, 0.2) is 18.2 Å². The Bertz CT molecular complexity index is 438. The Balaban J connectivity index is 2.84. The van der Waals surface area contributed by atoms with Crippen molar-refractivity contribution in [1.29, 1.82) is 0 Å². The number of benzene rings is 1. The average molecular weight is 281 g/mol. The molecule has 0 fully saturated rings. The number of hydrogen-bond acceptors (Lipinski definition) is 5. The molecule has 1 rings (SSSR count). The fourth-order valence-electron chi connectivity index (χ4n) is 2.09. The first-order valence-corrected chi connectivity index (χ1v) is 6.88. The van der Waals surface area contributed by atoms with Gasteiger partial charge in [-0.2, -0.15) is 0 Å². The first kappa shape index (κ1) is 16.4. The van der Waals surface area contributed by atoms with Gasteiger partial charge in [0.15, 0.2) is 0 Å². The highest BCUT2D eigenvalue weighted by Gasteiger charge is 2.17. The molecular weight excluding hydrogens is 258 g/mol. The maximum atomic E-state index is 11.0. The predicted octanol–water partition coefficient (Wildman–Crippen LogP) is 2.49. The van der Waals surface area contributed by atoms with Crippen LogP contribution < -0.4 is 5.32 Å². The van der Waals surface area contributed by atoms with Crippen LogP contribution in [0.2, 0.25) is 0 Å². The van der Waals surface area contributed by atoms with E-state index >= 15 is 0 Å². The summed E-state index contributed by atoms with van der Waals surface area (Å²) in [6.07, 6.45) is 0. The van der Waals surface area contributed by atoms with Gasteiger partial charge in [-0.15, -0.1) is 0 Å². The Morgan fingerprint density at radius 2 is 2.15 bits per heavy atom. The molecule has 0 amide bonds. The molecule has 0 saturated heterocycles. The van der Waals surface area contributed by atoms with Crippen molar-refractivity contribution in [3.63, 3.8) is 0 Å². The van der Waals surface area contributed by atoms with Crippen molar-refractivity contribution in [3.05, 3.63) is 33.9 Å².